The highest BCUT2D eigenvalue weighted by Gasteiger charge is 2.38. The number of carbonyl (C=O) groups excluding carboxylic acids is 1. The van der Waals surface area contributed by atoms with Crippen LogP contribution in [0, 0.1) is 0 Å². The summed E-state index contributed by atoms with van der Waals surface area (Å²) in [7, 11) is 0. The Morgan fingerprint density at radius 1 is 1.41 bits per heavy atom. The van der Waals surface area contributed by atoms with Crippen LogP contribution >= 0.6 is 23.8 Å². The summed E-state index contributed by atoms with van der Waals surface area (Å²) in [5.41, 5.74) is 3.15. The Kier molecular flexibility index (Phi) is 2.24. The van der Waals surface area contributed by atoms with Gasteiger partial charge in [-0.1, -0.05) is 17.7 Å². The summed E-state index contributed by atoms with van der Waals surface area (Å²) in [5.74, 6) is 0.0208. The van der Waals surface area contributed by atoms with Crippen LogP contribution in [0.3, 0.4) is 0 Å². The van der Waals surface area contributed by atoms with Gasteiger partial charge in [0.2, 0.25) is 0 Å². The summed E-state index contributed by atoms with van der Waals surface area (Å²) in [6, 6.07) is 5.24. The Morgan fingerprint density at radius 2 is 2.18 bits per heavy atom. The quantitative estimate of drug-likeness (QED) is 0.706. The van der Waals surface area contributed by atoms with Crippen LogP contribution in [0.25, 0.3) is 0 Å². The average molecular weight is 265 g/mol. The standard InChI is InChI=1S/C12H9ClN2OS/c1-5-9-10(15-12(17)14-5)7-3-2-6(13)4-8(7)11(9)16/h2-4,10H,1H3,(H2,14,15,17). The van der Waals surface area contributed by atoms with Gasteiger partial charge in [0.1, 0.15) is 0 Å². The third-order valence-electron chi connectivity index (χ3n) is 3.08. The molecule has 2 N–H and O–H groups in total. The molecule has 1 aromatic rings. The van der Waals surface area contributed by atoms with E-state index in [1.807, 2.05) is 13.0 Å². The van der Waals surface area contributed by atoms with Gasteiger partial charge in [-0.15, -0.1) is 0 Å². The number of benzene rings is 1. The van der Waals surface area contributed by atoms with Gasteiger partial charge in [-0.3, -0.25) is 4.79 Å². The molecule has 1 atom stereocenters. The number of thiocarbonyl (C=S) groups is 1. The molecule has 0 amide bonds. The zero-order valence-corrected chi connectivity index (χ0v) is 10.6. The van der Waals surface area contributed by atoms with Crippen molar-refractivity contribution in [3.05, 3.63) is 45.6 Å². The minimum atomic E-state index is -0.136. The van der Waals surface area contributed by atoms with E-state index in [2.05, 4.69) is 10.6 Å². The minimum Gasteiger partial charge on any atom is -0.351 e. The van der Waals surface area contributed by atoms with Crippen LogP contribution in [-0.2, 0) is 0 Å². The highest BCUT2D eigenvalue weighted by molar-refractivity contribution is 7.80. The van der Waals surface area contributed by atoms with Gasteiger partial charge in [-0.2, -0.15) is 0 Å². The molecular formula is C12H9ClN2OS. The molecule has 1 heterocycles. The Hall–Kier alpha value is -1.39. The van der Waals surface area contributed by atoms with Gasteiger partial charge in [0.15, 0.2) is 10.9 Å². The third kappa shape index (κ3) is 1.48. The summed E-state index contributed by atoms with van der Waals surface area (Å²) >= 11 is 11.0. The first kappa shape index (κ1) is 10.7. The van der Waals surface area contributed by atoms with Gasteiger partial charge >= 0.3 is 0 Å². The predicted octanol–water partition coefficient (Wildman–Crippen LogP) is 2.33. The molecule has 1 aliphatic heterocycles. The van der Waals surface area contributed by atoms with Gasteiger partial charge in [-0.05, 0) is 36.8 Å². The van der Waals surface area contributed by atoms with Crippen LogP contribution < -0.4 is 10.6 Å². The number of carbonyl (C=O) groups is 1. The smallest absolute Gasteiger partial charge is 0.193 e. The number of ketones is 1. The fourth-order valence-electron chi connectivity index (χ4n) is 2.35. The maximum absolute atomic E-state index is 12.3. The van der Waals surface area contributed by atoms with Gasteiger partial charge in [-0.25, -0.2) is 0 Å². The third-order valence-corrected chi connectivity index (χ3v) is 3.54. The van der Waals surface area contributed by atoms with E-state index in [-0.39, 0.29) is 11.8 Å². The summed E-state index contributed by atoms with van der Waals surface area (Å²) in [4.78, 5) is 12.3. The molecule has 86 valence electrons. The highest BCUT2D eigenvalue weighted by Crippen LogP contribution is 2.39. The van der Waals surface area contributed by atoms with E-state index in [1.54, 1.807) is 12.1 Å². The minimum absolute atomic E-state index is 0.0208. The summed E-state index contributed by atoms with van der Waals surface area (Å²) < 4.78 is 0. The van der Waals surface area contributed by atoms with Crippen LogP contribution in [0.5, 0.6) is 0 Å². The SMILES string of the molecule is CC1=C2C(=O)c3cc(Cl)ccc3C2NC(=S)N1. The van der Waals surface area contributed by atoms with Crippen LogP contribution in [0.2, 0.25) is 5.02 Å². The molecule has 5 heteroatoms. The summed E-state index contributed by atoms with van der Waals surface area (Å²) in [6.45, 7) is 1.86. The van der Waals surface area contributed by atoms with Crippen LogP contribution in [0.4, 0.5) is 0 Å². The molecule has 0 spiro atoms. The second-order valence-electron chi connectivity index (χ2n) is 4.13. The van der Waals surface area contributed by atoms with Crippen molar-refractivity contribution < 1.29 is 4.79 Å². The number of hydrogen-bond acceptors (Lipinski definition) is 2. The summed E-state index contributed by atoms with van der Waals surface area (Å²) in [5, 5.41) is 7.21. The molecular weight excluding hydrogens is 256 g/mol. The second kappa shape index (κ2) is 3.55. The van der Waals surface area contributed by atoms with E-state index in [4.69, 9.17) is 23.8 Å². The lowest BCUT2D eigenvalue weighted by Gasteiger charge is -2.25. The first-order valence-electron chi connectivity index (χ1n) is 5.20. The number of Topliss-reactive ketones (excluding diaryl/α,β-unsaturated/α-hetero) is 1. The van der Waals surface area contributed by atoms with Crippen molar-refractivity contribution in [3.63, 3.8) is 0 Å². The van der Waals surface area contributed by atoms with Gasteiger partial charge in [0, 0.05) is 21.9 Å². The molecule has 2 aliphatic rings. The largest absolute Gasteiger partial charge is 0.351 e. The van der Waals surface area contributed by atoms with Gasteiger partial charge in [0.25, 0.3) is 0 Å². The number of hydrogen-bond donors (Lipinski definition) is 2. The normalized spacial score (nSPS) is 21.9. The van der Waals surface area contributed by atoms with Crippen molar-refractivity contribution in [2.75, 3.05) is 0 Å². The number of halogens is 1. The topological polar surface area (TPSA) is 41.1 Å². The van der Waals surface area contributed by atoms with E-state index in [0.717, 1.165) is 16.8 Å². The molecule has 1 unspecified atom stereocenters. The number of allylic oxidation sites excluding steroid dienone is 1. The van der Waals surface area contributed by atoms with Crippen LogP contribution in [-0.4, -0.2) is 10.9 Å². The maximum Gasteiger partial charge on any atom is 0.193 e. The molecule has 17 heavy (non-hydrogen) atoms. The van der Waals surface area contributed by atoms with E-state index in [9.17, 15) is 4.79 Å². The lowest BCUT2D eigenvalue weighted by Crippen LogP contribution is -2.42. The molecule has 0 fully saturated rings. The zero-order chi connectivity index (χ0) is 12.2. The van der Waals surface area contributed by atoms with Crippen LogP contribution in [0.15, 0.2) is 29.5 Å². The first-order valence-corrected chi connectivity index (χ1v) is 5.99. The molecule has 1 aromatic carbocycles. The van der Waals surface area contributed by atoms with Crippen molar-refractivity contribution in [1.82, 2.24) is 10.6 Å². The fraction of sp³-hybridized carbons (Fsp3) is 0.167. The first-order chi connectivity index (χ1) is 8.08. The fourth-order valence-corrected chi connectivity index (χ4v) is 2.79. The van der Waals surface area contributed by atoms with Crippen LogP contribution in [0.1, 0.15) is 28.9 Å². The van der Waals surface area contributed by atoms with E-state index >= 15 is 0 Å². The van der Waals surface area contributed by atoms with Crippen molar-refractivity contribution in [2.24, 2.45) is 0 Å². The van der Waals surface area contributed by atoms with Gasteiger partial charge < -0.3 is 10.6 Å². The van der Waals surface area contributed by atoms with Crippen molar-refractivity contribution in [2.45, 2.75) is 13.0 Å². The molecule has 3 nitrogen and oxygen atoms in total. The lowest BCUT2D eigenvalue weighted by molar-refractivity contribution is 0.103. The maximum atomic E-state index is 12.3. The molecule has 3 rings (SSSR count). The molecule has 1 aliphatic carbocycles. The molecule has 0 radical (unpaired) electrons. The number of rotatable bonds is 0. The Balaban J connectivity index is 2.24. The lowest BCUT2D eigenvalue weighted by atomic mass is 10.0. The highest BCUT2D eigenvalue weighted by atomic mass is 35.5. The Bertz CT molecular complexity index is 594. The number of fused-ring (bicyclic) bond motifs is 3. The van der Waals surface area contributed by atoms with E-state index < -0.39 is 0 Å². The van der Waals surface area contributed by atoms with Crippen molar-refractivity contribution in [1.29, 1.82) is 0 Å². The Labute approximate surface area is 109 Å². The average Bonchev–Trinajstić information content (AvgIpc) is 2.52. The van der Waals surface area contributed by atoms with E-state index in [0.29, 0.717) is 15.7 Å². The summed E-state index contributed by atoms with van der Waals surface area (Å²) in [6.07, 6.45) is 0. The van der Waals surface area contributed by atoms with Crippen molar-refractivity contribution >= 4 is 34.7 Å². The van der Waals surface area contributed by atoms with Gasteiger partial charge in [0.05, 0.1) is 6.04 Å². The monoisotopic (exact) mass is 264 g/mol. The molecule has 0 saturated heterocycles. The molecule has 0 aromatic heterocycles. The zero-order valence-electron chi connectivity index (χ0n) is 9.00. The predicted molar refractivity (Wildman–Crippen MR) is 70.1 cm³/mol. The Morgan fingerprint density at radius 3 is 2.94 bits per heavy atom. The number of nitrogens with one attached hydrogen (secondary N) is 2. The van der Waals surface area contributed by atoms with Crippen molar-refractivity contribution in [3.8, 4) is 0 Å². The second-order valence-corrected chi connectivity index (χ2v) is 4.98. The molecule has 0 saturated carbocycles. The van der Waals surface area contributed by atoms with E-state index in [1.165, 1.54) is 0 Å². The molecule has 0 bridgehead atoms.